The molecule has 0 fully saturated rings. The Labute approximate surface area is 211 Å². The molecule has 1 amide bonds. The summed E-state index contributed by atoms with van der Waals surface area (Å²) in [6.07, 6.45) is 0. The highest BCUT2D eigenvalue weighted by atomic mass is 19.2. The van der Waals surface area contributed by atoms with Gasteiger partial charge in [0.05, 0.1) is 14.2 Å². The van der Waals surface area contributed by atoms with E-state index in [9.17, 15) is 31.5 Å². The zero-order valence-corrected chi connectivity index (χ0v) is 20.0. The van der Waals surface area contributed by atoms with Crippen molar-refractivity contribution in [3.05, 3.63) is 82.4 Å². The van der Waals surface area contributed by atoms with Crippen molar-refractivity contribution >= 4 is 28.3 Å². The number of benzene rings is 3. The first-order valence-electron chi connectivity index (χ1n) is 10.8. The lowest BCUT2D eigenvalue weighted by Gasteiger charge is -2.10. The van der Waals surface area contributed by atoms with Gasteiger partial charge >= 0.3 is 0 Å². The van der Waals surface area contributed by atoms with Crippen LogP contribution in [0, 0.1) is 36.0 Å². The molecule has 0 radical (unpaired) electrons. The van der Waals surface area contributed by atoms with Crippen LogP contribution in [0.3, 0.4) is 0 Å². The maximum absolute atomic E-state index is 13.7. The van der Waals surface area contributed by atoms with Crippen LogP contribution in [0.15, 0.2) is 40.8 Å². The molecule has 1 heterocycles. The monoisotopic (exact) mass is 535 g/mol. The molecule has 1 aromatic heterocycles. The predicted molar refractivity (Wildman–Crippen MR) is 124 cm³/mol. The Morgan fingerprint density at radius 3 is 2.11 bits per heavy atom. The first kappa shape index (κ1) is 26.5. The van der Waals surface area contributed by atoms with E-state index < -0.39 is 53.1 Å². The number of ketones is 1. The number of anilines is 1. The minimum atomic E-state index is -2.34. The zero-order valence-electron chi connectivity index (χ0n) is 20.0. The highest BCUT2D eigenvalue weighted by Gasteiger charge is 2.27. The molecule has 198 valence electrons. The summed E-state index contributed by atoms with van der Waals surface area (Å²) in [6.45, 7) is 0.585. The highest BCUT2D eigenvalue weighted by molar-refractivity contribution is 6.11. The Bertz CT molecular complexity index is 1550. The van der Waals surface area contributed by atoms with Crippen LogP contribution in [0.5, 0.6) is 17.2 Å². The van der Waals surface area contributed by atoms with Gasteiger partial charge in [0.15, 0.2) is 29.6 Å². The molecule has 12 heteroatoms. The number of aryl methyl sites for hydroxylation is 1. The number of carbonyl (C=O) groups is 2. The van der Waals surface area contributed by atoms with Crippen LogP contribution in [0.1, 0.15) is 21.7 Å². The molecule has 0 atom stereocenters. The molecular weight excluding hydrogens is 517 g/mol. The van der Waals surface area contributed by atoms with Crippen LogP contribution in [-0.2, 0) is 4.79 Å². The Morgan fingerprint density at radius 1 is 0.842 bits per heavy atom. The molecule has 38 heavy (non-hydrogen) atoms. The van der Waals surface area contributed by atoms with Gasteiger partial charge in [-0.3, -0.25) is 9.59 Å². The van der Waals surface area contributed by atoms with Gasteiger partial charge in [-0.05, 0) is 43.3 Å². The molecule has 0 aliphatic rings. The van der Waals surface area contributed by atoms with Gasteiger partial charge in [-0.1, -0.05) is 0 Å². The zero-order chi connectivity index (χ0) is 27.7. The number of methoxy groups -OCH3 is 2. The summed E-state index contributed by atoms with van der Waals surface area (Å²) in [5.41, 5.74) is 1.27. The third-order valence-electron chi connectivity index (χ3n) is 5.59. The summed E-state index contributed by atoms with van der Waals surface area (Å²) in [5, 5.41) is 2.86. The van der Waals surface area contributed by atoms with Gasteiger partial charge < -0.3 is 23.9 Å². The number of halogens is 5. The maximum atomic E-state index is 13.7. The van der Waals surface area contributed by atoms with E-state index in [4.69, 9.17) is 13.9 Å². The molecule has 0 spiro atoms. The largest absolute Gasteiger partial charge is 0.493 e. The van der Waals surface area contributed by atoms with Crippen LogP contribution in [0.25, 0.3) is 11.0 Å². The normalized spacial score (nSPS) is 10.9. The van der Waals surface area contributed by atoms with Crippen LogP contribution in [-0.4, -0.2) is 32.5 Å². The molecular formula is C26H18F5NO6. The molecule has 1 N–H and O–H groups in total. The molecule has 0 aliphatic heterocycles. The first-order valence-corrected chi connectivity index (χ1v) is 10.8. The third kappa shape index (κ3) is 4.72. The fraction of sp³-hybridized carbons (Fsp3) is 0.154. The van der Waals surface area contributed by atoms with Crippen LogP contribution >= 0.6 is 0 Å². The predicted octanol–water partition coefficient (Wildman–Crippen LogP) is 5.70. The average molecular weight is 535 g/mol. The van der Waals surface area contributed by atoms with Crippen molar-refractivity contribution in [3.63, 3.8) is 0 Å². The minimum Gasteiger partial charge on any atom is -0.493 e. The number of carbonyl (C=O) groups excluding carboxylic acids is 2. The Kier molecular flexibility index (Phi) is 7.24. The standard InChI is InChI=1S/C26H18F5NO6/c1-11-14-9-13(32-18(33)10-37-26-22(30)20(28)19(27)21(29)23(26)31)5-7-15(14)38-25(11)24(34)12-4-6-16(35-2)17(8-12)36-3/h4-9H,10H2,1-3H3,(H,32,33). The van der Waals surface area contributed by atoms with Crippen molar-refractivity contribution in [2.24, 2.45) is 0 Å². The van der Waals surface area contributed by atoms with Gasteiger partial charge in [0.2, 0.25) is 34.9 Å². The molecule has 0 unspecified atom stereocenters. The first-order chi connectivity index (χ1) is 18.1. The molecule has 4 rings (SSSR count). The second-order valence-electron chi connectivity index (χ2n) is 7.90. The van der Waals surface area contributed by atoms with E-state index in [0.29, 0.717) is 28.0 Å². The molecule has 7 nitrogen and oxygen atoms in total. The number of hydrogen-bond acceptors (Lipinski definition) is 6. The number of nitrogens with one attached hydrogen (secondary N) is 1. The second kappa shape index (κ2) is 10.4. The highest BCUT2D eigenvalue weighted by Crippen LogP contribution is 2.33. The van der Waals surface area contributed by atoms with Gasteiger partial charge in [0.1, 0.15) is 5.58 Å². The quantitative estimate of drug-likeness (QED) is 0.135. The fourth-order valence-electron chi connectivity index (χ4n) is 3.67. The van der Waals surface area contributed by atoms with Gasteiger partial charge in [-0.2, -0.15) is 8.78 Å². The lowest BCUT2D eigenvalue weighted by Crippen LogP contribution is -2.21. The van der Waals surface area contributed by atoms with Crippen molar-refractivity contribution in [2.45, 2.75) is 6.92 Å². The number of fused-ring (bicyclic) bond motifs is 1. The van der Waals surface area contributed by atoms with Crippen molar-refractivity contribution in [2.75, 3.05) is 26.1 Å². The lowest BCUT2D eigenvalue weighted by atomic mass is 10.0. The molecule has 0 aliphatic carbocycles. The van der Waals surface area contributed by atoms with Crippen LogP contribution < -0.4 is 19.5 Å². The number of ether oxygens (including phenoxy) is 3. The summed E-state index contributed by atoms with van der Waals surface area (Å²) in [5.74, 6) is -13.2. The molecule has 0 saturated heterocycles. The third-order valence-corrected chi connectivity index (χ3v) is 5.59. The van der Waals surface area contributed by atoms with Crippen molar-refractivity contribution in [3.8, 4) is 17.2 Å². The summed E-state index contributed by atoms with van der Waals surface area (Å²) in [6, 6.07) is 9.01. The Hall–Kier alpha value is -4.61. The van der Waals surface area contributed by atoms with E-state index in [0.717, 1.165) is 0 Å². The van der Waals surface area contributed by atoms with Crippen molar-refractivity contribution in [1.29, 1.82) is 0 Å². The summed E-state index contributed by atoms with van der Waals surface area (Å²) >= 11 is 0. The van der Waals surface area contributed by atoms with E-state index in [-0.39, 0.29) is 17.0 Å². The number of amides is 1. The van der Waals surface area contributed by atoms with Gasteiger partial charge in [0, 0.05) is 22.2 Å². The van der Waals surface area contributed by atoms with E-state index >= 15 is 0 Å². The Balaban J connectivity index is 1.53. The summed E-state index contributed by atoms with van der Waals surface area (Å²) in [7, 11) is 2.90. The van der Waals surface area contributed by atoms with Crippen LogP contribution in [0.4, 0.5) is 27.6 Å². The average Bonchev–Trinajstić information content (AvgIpc) is 3.25. The molecule has 0 saturated carbocycles. The minimum absolute atomic E-state index is 0.0466. The topological polar surface area (TPSA) is 87.0 Å². The smallest absolute Gasteiger partial charge is 0.262 e. The second-order valence-corrected chi connectivity index (χ2v) is 7.90. The SMILES string of the molecule is COc1ccc(C(=O)c2oc3ccc(NC(=O)COc4c(F)c(F)c(F)c(F)c4F)cc3c2C)cc1OC. The van der Waals surface area contributed by atoms with Crippen LogP contribution in [0.2, 0.25) is 0 Å². The van der Waals surface area contributed by atoms with E-state index in [2.05, 4.69) is 10.1 Å². The fourth-order valence-corrected chi connectivity index (χ4v) is 3.67. The van der Waals surface area contributed by atoms with Crippen molar-refractivity contribution < 1.29 is 50.2 Å². The lowest BCUT2D eigenvalue weighted by molar-refractivity contribution is -0.118. The maximum Gasteiger partial charge on any atom is 0.262 e. The molecule has 4 aromatic rings. The summed E-state index contributed by atoms with van der Waals surface area (Å²) < 4.78 is 87.9. The molecule has 0 bridgehead atoms. The van der Waals surface area contributed by atoms with E-state index in [1.54, 1.807) is 19.1 Å². The number of rotatable bonds is 8. The van der Waals surface area contributed by atoms with Gasteiger partial charge in [-0.15, -0.1) is 0 Å². The van der Waals surface area contributed by atoms with E-state index in [1.807, 2.05) is 0 Å². The van der Waals surface area contributed by atoms with E-state index in [1.165, 1.54) is 38.5 Å². The Morgan fingerprint density at radius 2 is 1.47 bits per heavy atom. The number of hydrogen-bond donors (Lipinski definition) is 1. The molecule has 3 aromatic carbocycles. The van der Waals surface area contributed by atoms with Crippen molar-refractivity contribution in [1.82, 2.24) is 0 Å². The summed E-state index contributed by atoms with van der Waals surface area (Å²) in [4.78, 5) is 25.3. The van der Waals surface area contributed by atoms with Gasteiger partial charge in [0.25, 0.3) is 5.91 Å². The number of furan rings is 1. The van der Waals surface area contributed by atoms with Gasteiger partial charge in [-0.25, -0.2) is 13.2 Å².